The van der Waals surface area contributed by atoms with Gasteiger partial charge >= 0.3 is 5.97 Å². The van der Waals surface area contributed by atoms with Crippen molar-refractivity contribution in [2.24, 2.45) is 0 Å². The number of aryl methyl sites for hydroxylation is 1. The molecule has 0 amide bonds. The molecule has 0 unspecified atom stereocenters. The van der Waals surface area contributed by atoms with Crippen molar-refractivity contribution < 1.29 is 31.5 Å². The molecule has 36 heavy (non-hydrogen) atoms. The number of pyridine rings is 1. The van der Waals surface area contributed by atoms with Gasteiger partial charge in [-0.25, -0.2) is 45.3 Å². The summed E-state index contributed by atoms with van der Waals surface area (Å²) in [6.07, 6.45) is 0.903. The van der Waals surface area contributed by atoms with Gasteiger partial charge < -0.3 is 10.0 Å². The highest BCUT2D eigenvalue weighted by atomic mass is 32.2. The minimum absolute atomic E-state index is 0.0109. The van der Waals surface area contributed by atoms with Crippen molar-refractivity contribution in [2.45, 2.75) is 30.5 Å². The van der Waals surface area contributed by atoms with E-state index in [0.29, 0.717) is 0 Å². The third-order valence-corrected chi connectivity index (χ3v) is 7.59. The SMILES string of the molecule is Cc1ccc(S(=O)(=O)n2cc(-c3ncc(F)c(N4C[C@H](F)C[C@@H]4C(=O)O)n3)c3cc(F)cnc32)cc1. The van der Waals surface area contributed by atoms with Gasteiger partial charge in [0, 0.05) is 23.6 Å². The summed E-state index contributed by atoms with van der Waals surface area (Å²) in [4.78, 5) is 24.5. The fourth-order valence-corrected chi connectivity index (χ4v) is 5.51. The molecule has 1 N–H and O–H groups in total. The Bertz CT molecular complexity index is 1610. The normalized spacial score (nSPS) is 18.2. The molecule has 1 aromatic carbocycles. The lowest BCUT2D eigenvalue weighted by atomic mass is 10.2. The predicted octanol–water partition coefficient (Wildman–Crippen LogP) is 3.32. The summed E-state index contributed by atoms with van der Waals surface area (Å²) in [6.45, 7) is 1.40. The summed E-state index contributed by atoms with van der Waals surface area (Å²) < 4.78 is 70.4. The number of hydrogen-bond donors (Lipinski definition) is 1. The van der Waals surface area contributed by atoms with Crippen molar-refractivity contribution in [3.05, 3.63) is 66.1 Å². The van der Waals surface area contributed by atoms with E-state index in [1.807, 2.05) is 0 Å². The largest absolute Gasteiger partial charge is 0.480 e. The third-order valence-electron chi connectivity index (χ3n) is 5.93. The number of alkyl halides is 1. The van der Waals surface area contributed by atoms with Crippen molar-refractivity contribution in [3.8, 4) is 11.4 Å². The Morgan fingerprint density at radius 3 is 2.56 bits per heavy atom. The van der Waals surface area contributed by atoms with Crippen LogP contribution in [0.2, 0.25) is 0 Å². The molecule has 0 saturated carbocycles. The van der Waals surface area contributed by atoms with Crippen LogP contribution >= 0.6 is 0 Å². The second kappa shape index (κ2) is 8.59. The minimum atomic E-state index is -4.18. The van der Waals surface area contributed by atoms with Gasteiger partial charge in [0.15, 0.2) is 23.1 Å². The van der Waals surface area contributed by atoms with Gasteiger partial charge in [-0.1, -0.05) is 17.7 Å². The van der Waals surface area contributed by atoms with Crippen molar-refractivity contribution in [1.29, 1.82) is 0 Å². The summed E-state index contributed by atoms with van der Waals surface area (Å²) >= 11 is 0. The lowest BCUT2D eigenvalue weighted by Crippen LogP contribution is -2.37. The van der Waals surface area contributed by atoms with Gasteiger partial charge in [0.1, 0.15) is 18.0 Å². The maximum atomic E-state index is 14.7. The molecule has 186 valence electrons. The molecule has 0 aliphatic carbocycles. The van der Waals surface area contributed by atoms with Gasteiger partial charge in [-0.2, -0.15) is 0 Å². The Balaban J connectivity index is 1.69. The van der Waals surface area contributed by atoms with Gasteiger partial charge in [-0.3, -0.25) is 0 Å². The summed E-state index contributed by atoms with van der Waals surface area (Å²) in [5.41, 5.74) is 0.739. The zero-order valence-corrected chi connectivity index (χ0v) is 19.5. The van der Waals surface area contributed by atoms with Crippen LogP contribution in [0.15, 0.2) is 53.8 Å². The molecule has 0 spiro atoms. The van der Waals surface area contributed by atoms with E-state index in [4.69, 9.17) is 0 Å². The molecule has 1 saturated heterocycles. The number of aliphatic carboxylic acids is 1. The minimum Gasteiger partial charge on any atom is -0.480 e. The van der Waals surface area contributed by atoms with E-state index in [1.165, 1.54) is 12.1 Å². The zero-order chi connectivity index (χ0) is 25.8. The van der Waals surface area contributed by atoms with E-state index < -0.39 is 52.2 Å². The van der Waals surface area contributed by atoms with Crippen LogP contribution < -0.4 is 4.90 Å². The number of anilines is 1. The molecular formula is C23H18F3N5O4S. The number of benzene rings is 1. The van der Waals surface area contributed by atoms with Crippen LogP contribution in [0, 0.1) is 18.6 Å². The van der Waals surface area contributed by atoms with Crippen LogP contribution in [0.4, 0.5) is 19.0 Å². The quantitative estimate of drug-likeness (QED) is 0.428. The number of hydrogen-bond acceptors (Lipinski definition) is 7. The van der Waals surface area contributed by atoms with E-state index in [9.17, 15) is 31.5 Å². The number of carboxylic acid groups (broad SMARTS) is 1. The fraction of sp³-hybridized carbons (Fsp3) is 0.217. The van der Waals surface area contributed by atoms with E-state index in [1.54, 1.807) is 19.1 Å². The summed E-state index contributed by atoms with van der Waals surface area (Å²) in [5, 5.41) is 9.47. The van der Waals surface area contributed by atoms with Gasteiger partial charge in [0.05, 0.1) is 23.8 Å². The third kappa shape index (κ3) is 3.94. The summed E-state index contributed by atoms with van der Waals surface area (Å²) in [5.74, 6) is -3.77. The van der Waals surface area contributed by atoms with Gasteiger partial charge in [0.2, 0.25) is 0 Å². The maximum absolute atomic E-state index is 14.7. The van der Waals surface area contributed by atoms with Crippen LogP contribution in [0.3, 0.4) is 0 Å². The average molecular weight is 517 g/mol. The standard InChI is InChI=1S/C23H18F3N5O4S/c1-12-2-4-15(5-3-12)36(34,35)31-11-17(16-6-13(24)8-28-21(16)31)20-27-9-18(26)22(29-20)30-10-14(25)7-19(30)23(32)33/h2-6,8-9,11,14,19H,7,10H2,1H3,(H,32,33)/t14-,19-/m1/s1. The van der Waals surface area contributed by atoms with E-state index in [-0.39, 0.29) is 33.7 Å². The molecule has 0 bridgehead atoms. The predicted molar refractivity (Wildman–Crippen MR) is 123 cm³/mol. The number of carboxylic acids is 1. The lowest BCUT2D eigenvalue weighted by Gasteiger charge is -2.22. The van der Waals surface area contributed by atoms with Gasteiger partial charge in [0.25, 0.3) is 10.0 Å². The van der Waals surface area contributed by atoms with Crippen LogP contribution in [0.25, 0.3) is 22.4 Å². The Kier molecular flexibility index (Phi) is 5.66. The monoisotopic (exact) mass is 517 g/mol. The molecule has 13 heteroatoms. The van der Waals surface area contributed by atoms with Gasteiger partial charge in [-0.05, 0) is 25.1 Å². The van der Waals surface area contributed by atoms with E-state index in [2.05, 4.69) is 15.0 Å². The Labute approximate surface area is 202 Å². The molecule has 4 heterocycles. The highest BCUT2D eigenvalue weighted by Crippen LogP contribution is 2.34. The van der Waals surface area contributed by atoms with Crippen LogP contribution in [-0.4, -0.2) is 57.2 Å². The number of nitrogens with zero attached hydrogens (tertiary/aromatic N) is 5. The zero-order valence-electron chi connectivity index (χ0n) is 18.6. The highest BCUT2D eigenvalue weighted by Gasteiger charge is 2.39. The first-order valence-corrected chi connectivity index (χ1v) is 12.2. The first kappa shape index (κ1) is 23.7. The van der Waals surface area contributed by atoms with Crippen LogP contribution in [0.5, 0.6) is 0 Å². The number of aromatic nitrogens is 4. The van der Waals surface area contributed by atoms with Crippen LogP contribution in [-0.2, 0) is 14.8 Å². The molecule has 0 radical (unpaired) electrons. The topological polar surface area (TPSA) is 118 Å². The van der Waals surface area contributed by atoms with Crippen molar-refractivity contribution in [3.63, 3.8) is 0 Å². The van der Waals surface area contributed by atoms with Crippen molar-refractivity contribution in [2.75, 3.05) is 11.4 Å². The molecule has 2 atom stereocenters. The molecule has 4 aromatic rings. The number of halogens is 3. The summed E-state index contributed by atoms with van der Waals surface area (Å²) in [7, 11) is -4.18. The molecule has 1 fully saturated rings. The summed E-state index contributed by atoms with van der Waals surface area (Å²) in [6, 6.07) is 5.76. The molecule has 3 aromatic heterocycles. The average Bonchev–Trinajstić information content (AvgIpc) is 3.41. The molecule has 5 rings (SSSR count). The van der Waals surface area contributed by atoms with Crippen LogP contribution in [0.1, 0.15) is 12.0 Å². The first-order valence-electron chi connectivity index (χ1n) is 10.7. The number of fused-ring (bicyclic) bond motifs is 1. The lowest BCUT2D eigenvalue weighted by molar-refractivity contribution is -0.138. The Morgan fingerprint density at radius 1 is 1.14 bits per heavy atom. The highest BCUT2D eigenvalue weighted by molar-refractivity contribution is 7.90. The molecule has 1 aliphatic rings. The molecular weight excluding hydrogens is 499 g/mol. The number of rotatable bonds is 5. The Morgan fingerprint density at radius 2 is 1.86 bits per heavy atom. The fourth-order valence-electron chi connectivity index (χ4n) is 4.18. The molecule has 1 aliphatic heterocycles. The van der Waals surface area contributed by atoms with E-state index >= 15 is 0 Å². The second-order valence-corrected chi connectivity index (χ2v) is 10.2. The van der Waals surface area contributed by atoms with E-state index in [0.717, 1.165) is 39.1 Å². The Hall–Kier alpha value is -4.00. The van der Waals surface area contributed by atoms with Crippen molar-refractivity contribution >= 4 is 32.8 Å². The maximum Gasteiger partial charge on any atom is 0.326 e. The second-order valence-electron chi connectivity index (χ2n) is 8.39. The number of carbonyl (C=O) groups is 1. The van der Waals surface area contributed by atoms with Gasteiger partial charge in [-0.15, -0.1) is 0 Å². The smallest absolute Gasteiger partial charge is 0.326 e. The van der Waals surface area contributed by atoms with Crippen molar-refractivity contribution in [1.82, 2.24) is 18.9 Å². The molecule has 9 nitrogen and oxygen atoms in total. The first-order chi connectivity index (χ1) is 17.1.